The van der Waals surface area contributed by atoms with Crippen molar-refractivity contribution in [2.24, 2.45) is 5.92 Å². The monoisotopic (exact) mass is 530 g/mol. The molecule has 6 rings (SSSR count). The van der Waals surface area contributed by atoms with Gasteiger partial charge < -0.3 is 20.1 Å². The van der Waals surface area contributed by atoms with Gasteiger partial charge in [-0.05, 0) is 62.6 Å². The Hall–Kier alpha value is -3.34. The van der Waals surface area contributed by atoms with Crippen LogP contribution in [0.1, 0.15) is 66.0 Å². The zero-order valence-corrected chi connectivity index (χ0v) is 21.6. The van der Waals surface area contributed by atoms with E-state index >= 15 is 4.39 Å². The second-order valence-electron chi connectivity index (χ2n) is 10.8. The van der Waals surface area contributed by atoms with Gasteiger partial charge in [0, 0.05) is 32.7 Å². The maximum absolute atomic E-state index is 15.7. The van der Waals surface area contributed by atoms with Crippen LogP contribution in [0.5, 0.6) is 5.75 Å². The molecule has 3 aliphatic heterocycles. The molecule has 9 nitrogen and oxygen atoms in total. The van der Waals surface area contributed by atoms with Gasteiger partial charge in [-0.1, -0.05) is 12.1 Å². The van der Waals surface area contributed by atoms with Gasteiger partial charge >= 0.3 is 0 Å². The molecule has 1 saturated heterocycles. The number of rotatable bonds is 5. The first-order chi connectivity index (χ1) is 18.0. The summed E-state index contributed by atoms with van der Waals surface area (Å²) in [4.78, 5) is 46.0. The summed E-state index contributed by atoms with van der Waals surface area (Å²) in [7, 11) is 1.65. The molecule has 2 bridgehead atoms. The van der Waals surface area contributed by atoms with Crippen molar-refractivity contribution in [1.29, 1.82) is 0 Å². The van der Waals surface area contributed by atoms with E-state index < -0.39 is 34.1 Å². The highest BCUT2D eigenvalue weighted by Gasteiger charge is 2.54. The van der Waals surface area contributed by atoms with Crippen LogP contribution in [0, 0.1) is 18.7 Å². The molecule has 2 aromatic rings. The molecule has 2 fully saturated rings. The quantitative estimate of drug-likeness (QED) is 0.615. The van der Waals surface area contributed by atoms with Crippen LogP contribution >= 0.6 is 0 Å². The number of fused-ring (bicyclic) bond motifs is 2. The molecule has 204 valence electrons. The second kappa shape index (κ2) is 9.76. The first kappa shape index (κ1) is 26.3. The molecule has 1 aliphatic carbocycles. The zero-order chi connectivity index (χ0) is 27.2. The average molecular weight is 531 g/mol. The van der Waals surface area contributed by atoms with E-state index in [0.717, 1.165) is 4.57 Å². The third kappa shape index (κ3) is 4.46. The lowest BCUT2D eigenvalue weighted by Crippen LogP contribution is -2.53. The van der Waals surface area contributed by atoms with Crippen LogP contribution < -0.4 is 10.9 Å². The van der Waals surface area contributed by atoms with Gasteiger partial charge in [-0.15, -0.1) is 0 Å². The van der Waals surface area contributed by atoms with E-state index in [1.807, 2.05) is 0 Å². The maximum atomic E-state index is 15.7. The topological polar surface area (TPSA) is 114 Å². The minimum atomic E-state index is -1.68. The number of ether oxygens (including phenoxy) is 1. The molecule has 0 unspecified atom stereocenters. The van der Waals surface area contributed by atoms with E-state index in [1.54, 1.807) is 24.9 Å². The standard InChI is InChI=1S/C27H32F2N4O5/c1-16-13-17(3-4-19(16)28)14-30-22(35)20-21(34)24(37)33-15-26(29)7-9-27(10-8-26,25(33)31-20)32(2)23(36)18-5-11-38-12-6-18/h3-4,13,18,34H,5-12,14-15H2,1-2H3,(H,30,35). The van der Waals surface area contributed by atoms with E-state index in [2.05, 4.69) is 10.3 Å². The smallest absolute Gasteiger partial charge is 0.296 e. The van der Waals surface area contributed by atoms with Crippen molar-refractivity contribution in [3.8, 4) is 5.75 Å². The lowest BCUT2D eigenvalue weighted by Gasteiger charge is -2.45. The molecule has 2 amide bonds. The fourth-order valence-electron chi connectivity index (χ4n) is 5.98. The average Bonchev–Trinajstić information content (AvgIpc) is 3.13. The third-order valence-corrected chi connectivity index (χ3v) is 8.41. The predicted octanol–water partition coefficient (Wildman–Crippen LogP) is 2.70. The fraction of sp³-hybridized carbons (Fsp3) is 0.556. The Morgan fingerprint density at radius 3 is 2.58 bits per heavy atom. The van der Waals surface area contributed by atoms with Gasteiger partial charge in [0.15, 0.2) is 5.69 Å². The molecule has 1 aromatic carbocycles. The molecule has 4 heterocycles. The van der Waals surface area contributed by atoms with Crippen LogP contribution in [0.3, 0.4) is 0 Å². The number of nitrogens with one attached hydrogen (secondary N) is 1. The highest BCUT2D eigenvalue weighted by molar-refractivity contribution is 5.94. The summed E-state index contributed by atoms with van der Waals surface area (Å²) in [5.74, 6) is -2.32. The summed E-state index contributed by atoms with van der Waals surface area (Å²) in [5.41, 5.74) is -3.14. The second-order valence-corrected chi connectivity index (χ2v) is 10.8. The number of nitrogens with zero attached hydrogens (tertiary/aromatic N) is 3. The van der Waals surface area contributed by atoms with Crippen LogP contribution in [0.4, 0.5) is 8.78 Å². The largest absolute Gasteiger partial charge is 0.501 e. The first-order valence-corrected chi connectivity index (χ1v) is 13.0. The Morgan fingerprint density at radius 1 is 1.24 bits per heavy atom. The highest BCUT2D eigenvalue weighted by Crippen LogP contribution is 2.50. The molecular formula is C27H32F2N4O5. The Bertz CT molecular complexity index is 1330. The fourth-order valence-corrected chi connectivity index (χ4v) is 5.98. The number of hydrogen-bond acceptors (Lipinski definition) is 6. The lowest BCUT2D eigenvalue weighted by atomic mass is 9.74. The number of hydrogen-bond donors (Lipinski definition) is 2. The van der Waals surface area contributed by atoms with Crippen LogP contribution in [-0.4, -0.2) is 57.3 Å². The minimum Gasteiger partial charge on any atom is -0.501 e. The molecule has 1 aromatic heterocycles. The number of carbonyl (C=O) groups is 2. The van der Waals surface area contributed by atoms with Gasteiger partial charge in [-0.25, -0.2) is 13.8 Å². The van der Waals surface area contributed by atoms with Crippen LogP contribution in [-0.2, 0) is 28.2 Å². The van der Waals surface area contributed by atoms with Crippen molar-refractivity contribution in [1.82, 2.24) is 19.8 Å². The Morgan fingerprint density at radius 2 is 1.92 bits per heavy atom. The number of halogens is 2. The van der Waals surface area contributed by atoms with Crippen LogP contribution in [0.2, 0.25) is 0 Å². The molecule has 38 heavy (non-hydrogen) atoms. The summed E-state index contributed by atoms with van der Waals surface area (Å²) < 4.78 is 35.8. The number of aromatic hydroxyl groups is 1. The van der Waals surface area contributed by atoms with Gasteiger partial charge in [-0.3, -0.25) is 19.0 Å². The molecule has 4 aliphatic rings. The molecule has 11 heteroatoms. The zero-order valence-electron chi connectivity index (χ0n) is 21.6. The highest BCUT2D eigenvalue weighted by atomic mass is 19.1. The Labute approximate surface area is 218 Å². The summed E-state index contributed by atoms with van der Waals surface area (Å²) in [6.07, 6.45) is 1.85. The summed E-state index contributed by atoms with van der Waals surface area (Å²) in [6, 6.07) is 4.40. The minimum absolute atomic E-state index is 0.0143. The molecular weight excluding hydrogens is 498 g/mol. The van der Waals surface area contributed by atoms with Crippen LogP contribution in [0.15, 0.2) is 23.0 Å². The molecule has 1 saturated carbocycles. The number of amides is 2. The van der Waals surface area contributed by atoms with E-state index in [0.29, 0.717) is 37.2 Å². The number of alkyl halides is 1. The Balaban J connectivity index is 1.52. The van der Waals surface area contributed by atoms with Gasteiger partial charge in [0.1, 0.15) is 22.8 Å². The Kier molecular flexibility index (Phi) is 6.75. The lowest BCUT2D eigenvalue weighted by molar-refractivity contribution is -0.146. The van der Waals surface area contributed by atoms with Crippen molar-refractivity contribution in [2.45, 2.75) is 69.7 Å². The number of benzene rings is 1. The number of carbonyl (C=O) groups excluding carboxylic acids is 2. The molecule has 0 radical (unpaired) electrons. The van der Waals surface area contributed by atoms with E-state index in [1.165, 1.54) is 12.1 Å². The van der Waals surface area contributed by atoms with Gasteiger partial charge in [0.25, 0.3) is 11.5 Å². The van der Waals surface area contributed by atoms with Crippen molar-refractivity contribution in [3.63, 3.8) is 0 Å². The molecule has 2 N–H and O–H groups in total. The van der Waals surface area contributed by atoms with Crippen molar-refractivity contribution >= 4 is 11.8 Å². The SMILES string of the molecule is Cc1cc(CNC(=O)c2nc3n(c(=O)c2O)CC2(F)CCC3(N(C)C(=O)C3CCOCC3)CC2)ccc1F. The first-order valence-electron chi connectivity index (χ1n) is 13.0. The third-order valence-electron chi connectivity index (χ3n) is 8.41. The van der Waals surface area contributed by atoms with Gasteiger partial charge in [-0.2, -0.15) is 0 Å². The summed E-state index contributed by atoms with van der Waals surface area (Å²) in [5, 5.41) is 13.3. The maximum Gasteiger partial charge on any atom is 0.296 e. The van der Waals surface area contributed by atoms with Crippen molar-refractivity contribution < 1.29 is 28.2 Å². The van der Waals surface area contributed by atoms with Gasteiger partial charge in [0.2, 0.25) is 11.7 Å². The predicted molar refractivity (Wildman–Crippen MR) is 133 cm³/mol. The number of aryl methyl sites for hydroxylation is 1. The normalized spacial score (nSPS) is 24.9. The molecule has 0 spiro atoms. The van der Waals surface area contributed by atoms with E-state index in [-0.39, 0.29) is 62.2 Å². The van der Waals surface area contributed by atoms with Gasteiger partial charge in [0.05, 0.1) is 6.54 Å². The summed E-state index contributed by atoms with van der Waals surface area (Å²) in [6.45, 7) is 2.27. The summed E-state index contributed by atoms with van der Waals surface area (Å²) >= 11 is 0. The van der Waals surface area contributed by atoms with Crippen molar-refractivity contribution in [3.05, 3.63) is 57.0 Å². The number of aromatic nitrogens is 2. The van der Waals surface area contributed by atoms with Crippen molar-refractivity contribution in [2.75, 3.05) is 20.3 Å². The van der Waals surface area contributed by atoms with E-state index in [9.17, 15) is 23.9 Å². The van der Waals surface area contributed by atoms with E-state index in [4.69, 9.17) is 4.74 Å². The van der Waals surface area contributed by atoms with Crippen LogP contribution in [0.25, 0.3) is 0 Å². The molecule has 0 atom stereocenters.